The highest BCUT2D eigenvalue weighted by atomic mass is 35.5. The monoisotopic (exact) mass is 128 g/mol. The van der Waals surface area contributed by atoms with Gasteiger partial charge in [0.15, 0.2) is 0 Å². The summed E-state index contributed by atoms with van der Waals surface area (Å²) in [6.45, 7) is 0. The van der Waals surface area contributed by atoms with E-state index in [4.69, 9.17) is 23.2 Å². The van der Waals surface area contributed by atoms with E-state index in [-0.39, 0.29) is 0 Å². The van der Waals surface area contributed by atoms with Gasteiger partial charge in [0.1, 0.15) is 0 Å². The molecule has 0 amide bonds. The lowest BCUT2D eigenvalue weighted by molar-refractivity contribution is -0.417. The minimum absolute atomic E-state index is 0.452. The maximum absolute atomic E-state index is 5.22. The molecule has 0 bridgehead atoms. The third kappa shape index (κ3) is 0.611. The smallest absolute Gasteiger partial charge is 0.209 e. The molecule has 0 aromatic carbocycles. The molecule has 0 spiro atoms. The molecule has 1 heterocycles. The number of halogens is 2. The molecule has 0 N–H and O–H groups in total. The summed E-state index contributed by atoms with van der Waals surface area (Å²) in [4.78, 5) is 8.35. The van der Waals surface area contributed by atoms with Gasteiger partial charge in [-0.25, -0.2) is 9.78 Å². The van der Waals surface area contributed by atoms with Gasteiger partial charge >= 0.3 is 0 Å². The minimum atomic E-state index is -0.452. The first kappa shape index (κ1) is 4.65. The topological polar surface area (TPSA) is 18.5 Å². The van der Waals surface area contributed by atoms with E-state index >= 15 is 0 Å². The van der Waals surface area contributed by atoms with Crippen molar-refractivity contribution in [3.8, 4) is 0 Å². The van der Waals surface area contributed by atoms with Gasteiger partial charge in [0.05, 0.1) is 0 Å². The average molecular weight is 129 g/mol. The van der Waals surface area contributed by atoms with Crippen molar-refractivity contribution in [1.29, 1.82) is 0 Å². The van der Waals surface area contributed by atoms with E-state index in [1.807, 2.05) is 0 Å². The quantitative estimate of drug-likeness (QED) is 0.359. The van der Waals surface area contributed by atoms with Crippen LogP contribution in [0.15, 0.2) is 0 Å². The molecule has 1 saturated heterocycles. The molecular weight excluding hydrogens is 127 g/mol. The highest BCUT2D eigenvalue weighted by Gasteiger charge is 2.30. The van der Waals surface area contributed by atoms with E-state index in [2.05, 4.69) is 9.78 Å². The Morgan fingerprint density at radius 2 is 1.33 bits per heavy atom. The molecule has 2 unspecified atom stereocenters. The molecule has 1 fully saturated rings. The zero-order chi connectivity index (χ0) is 4.57. The van der Waals surface area contributed by atoms with Crippen molar-refractivity contribution in [3.05, 3.63) is 0 Å². The summed E-state index contributed by atoms with van der Waals surface area (Å²) < 4.78 is 0. The molecule has 1 aliphatic heterocycles. The number of rotatable bonds is 0. The minimum Gasteiger partial charge on any atom is -0.211 e. The van der Waals surface area contributed by atoms with Crippen LogP contribution in [-0.2, 0) is 9.78 Å². The van der Waals surface area contributed by atoms with Crippen LogP contribution in [0.2, 0.25) is 0 Å². The van der Waals surface area contributed by atoms with Crippen LogP contribution >= 0.6 is 23.2 Å². The Balaban J connectivity index is 2.20. The van der Waals surface area contributed by atoms with Gasteiger partial charge in [0.25, 0.3) is 0 Å². The molecule has 0 aromatic rings. The van der Waals surface area contributed by atoms with Crippen molar-refractivity contribution >= 4 is 23.2 Å². The molecule has 1 aliphatic rings. The highest BCUT2D eigenvalue weighted by Crippen LogP contribution is 2.22. The first-order valence-corrected chi connectivity index (χ1v) is 2.28. The van der Waals surface area contributed by atoms with Crippen LogP contribution in [0, 0.1) is 0 Å². The lowest BCUT2D eigenvalue weighted by Gasteiger charge is -2.23. The van der Waals surface area contributed by atoms with Crippen LogP contribution in [0.3, 0.4) is 0 Å². The summed E-state index contributed by atoms with van der Waals surface area (Å²) in [5.74, 6) is 0. The first-order chi connectivity index (χ1) is 2.80. The Bertz CT molecular complexity index is 49.5. The second kappa shape index (κ2) is 1.54. The van der Waals surface area contributed by atoms with Gasteiger partial charge in [-0.1, -0.05) is 23.2 Å². The Hall–Kier alpha value is 0.500. The van der Waals surface area contributed by atoms with Gasteiger partial charge in [-0.2, -0.15) is 0 Å². The van der Waals surface area contributed by atoms with E-state index in [0.717, 1.165) is 0 Å². The molecule has 0 aromatic heterocycles. The van der Waals surface area contributed by atoms with Crippen molar-refractivity contribution in [2.24, 2.45) is 0 Å². The Morgan fingerprint density at radius 3 is 1.33 bits per heavy atom. The molecule has 36 valence electrons. The van der Waals surface area contributed by atoms with Gasteiger partial charge in [-0.15, -0.1) is 0 Å². The Labute approximate surface area is 44.9 Å². The fraction of sp³-hybridized carbons (Fsp3) is 1.00. The molecule has 0 radical (unpaired) electrons. The molecule has 2 atom stereocenters. The van der Waals surface area contributed by atoms with Crippen LogP contribution in [0.1, 0.15) is 0 Å². The van der Waals surface area contributed by atoms with Gasteiger partial charge in [0, 0.05) is 0 Å². The van der Waals surface area contributed by atoms with Crippen LogP contribution < -0.4 is 0 Å². The Morgan fingerprint density at radius 1 is 1.00 bits per heavy atom. The normalized spacial score (nSPS) is 45.0. The largest absolute Gasteiger partial charge is 0.211 e. The lowest BCUT2D eigenvalue weighted by atomic mass is 10.7. The summed E-state index contributed by atoms with van der Waals surface area (Å²) in [6.07, 6.45) is 0. The predicted molar refractivity (Wildman–Crippen MR) is 21.5 cm³/mol. The molecule has 0 aliphatic carbocycles. The third-order valence-corrected chi connectivity index (χ3v) is 1.18. The predicted octanol–water partition coefficient (Wildman–Crippen LogP) is 1.08. The maximum Gasteiger partial charge on any atom is 0.209 e. The van der Waals surface area contributed by atoms with Crippen molar-refractivity contribution in [2.45, 2.75) is 11.1 Å². The molecule has 4 heteroatoms. The second-order valence-corrected chi connectivity index (χ2v) is 1.76. The first-order valence-electron chi connectivity index (χ1n) is 1.41. The summed E-state index contributed by atoms with van der Waals surface area (Å²) in [5, 5.41) is 0. The van der Waals surface area contributed by atoms with Crippen LogP contribution in [0.5, 0.6) is 0 Å². The summed E-state index contributed by atoms with van der Waals surface area (Å²) in [5.41, 5.74) is -0.904. The van der Waals surface area contributed by atoms with Gasteiger partial charge in [-0.05, 0) is 0 Å². The van der Waals surface area contributed by atoms with Gasteiger partial charge in [0.2, 0.25) is 11.1 Å². The number of hydrogen-bond donors (Lipinski definition) is 0. The summed E-state index contributed by atoms with van der Waals surface area (Å²) in [6, 6.07) is 0. The van der Waals surface area contributed by atoms with Crippen LogP contribution in [-0.4, -0.2) is 11.1 Å². The SMILES string of the molecule is ClC1OOC1Cl. The van der Waals surface area contributed by atoms with E-state index < -0.39 is 11.1 Å². The lowest BCUT2D eigenvalue weighted by Crippen LogP contribution is -2.33. The van der Waals surface area contributed by atoms with Crippen molar-refractivity contribution < 1.29 is 9.78 Å². The standard InChI is InChI=1S/C2H2Cl2O2/c3-1-2(4)6-5-1/h1-2H. The maximum atomic E-state index is 5.22. The molecule has 6 heavy (non-hydrogen) atoms. The molecule has 1 rings (SSSR count). The van der Waals surface area contributed by atoms with E-state index in [1.54, 1.807) is 0 Å². The van der Waals surface area contributed by atoms with E-state index in [9.17, 15) is 0 Å². The molecule has 0 saturated carbocycles. The second-order valence-electron chi connectivity index (χ2n) is 0.895. The van der Waals surface area contributed by atoms with Crippen molar-refractivity contribution in [1.82, 2.24) is 0 Å². The van der Waals surface area contributed by atoms with Crippen molar-refractivity contribution in [2.75, 3.05) is 0 Å². The fourth-order valence-electron chi connectivity index (χ4n) is 0.140. The van der Waals surface area contributed by atoms with Gasteiger partial charge < -0.3 is 0 Å². The molecule has 2 nitrogen and oxygen atoms in total. The average Bonchev–Trinajstić information content (AvgIpc) is 1.61. The van der Waals surface area contributed by atoms with Gasteiger partial charge in [-0.3, -0.25) is 0 Å². The van der Waals surface area contributed by atoms with E-state index in [0.29, 0.717) is 0 Å². The van der Waals surface area contributed by atoms with Crippen LogP contribution in [0.4, 0.5) is 0 Å². The number of alkyl halides is 2. The van der Waals surface area contributed by atoms with Crippen LogP contribution in [0.25, 0.3) is 0 Å². The number of hydrogen-bond acceptors (Lipinski definition) is 2. The Kier molecular flexibility index (Phi) is 1.20. The fourth-order valence-corrected chi connectivity index (χ4v) is 0.308. The van der Waals surface area contributed by atoms with Crippen molar-refractivity contribution in [3.63, 3.8) is 0 Å². The molecular formula is C2H2Cl2O2. The summed E-state index contributed by atoms with van der Waals surface area (Å²) in [7, 11) is 0. The van der Waals surface area contributed by atoms with E-state index in [1.165, 1.54) is 0 Å². The summed E-state index contributed by atoms with van der Waals surface area (Å²) >= 11 is 10.4. The highest BCUT2D eigenvalue weighted by molar-refractivity contribution is 6.29. The zero-order valence-corrected chi connectivity index (χ0v) is 4.24. The zero-order valence-electron chi connectivity index (χ0n) is 2.73. The third-order valence-electron chi connectivity index (χ3n) is 0.445.